The number of aromatic nitrogens is 5. The van der Waals surface area contributed by atoms with Crippen molar-refractivity contribution >= 4 is 23.6 Å². The summed E-state index contributed by atoms with van der Waals surface area (Å²) in [5, 5.41) is 7.37. The van der Waals surface area contributed by atoms with Gasteiger partial charge in [-0.3, -0.25) is 14.5 Å². The molecule has 0 aliphatic carbocycles. The molecule has 8 nitrogen and oxygen atoms in total. The van der Waals surface area contributed by atoms with Crippen molar-refractivity contribution in [1.82, 2.24) is 29.6 Å². The van der Waals surface area contributed by atoms with Crippen LogP contribution in [-0.4, -0.2) is 48.6 Å². The molecule has 0 radical (unpaired) electrons. The SMILES string of the molecule is Cn1cc(/C=C/C(=O)N2CCCC(c3nccnc3Nc3ccccn3)C2)cn1. The molecule has 148 valence electrons. The summed E-state index contributed by atoms with van der Waals surface area (Å²) in [4.78, 5) is 27.9. The van der Waals surface area contributed by atoms with Gasteiger partial charge in [-0.15, -0.1) is 0 Å². The van der Waals surface area contributed by atoms with Crippen LogP contribution in [0.2, 0.25) is 0 Å². The highest BCUT2D eigenvalue weighted by Gasteiger charge is 2.27. The van der Waals surface area contributed by atoms with E-state index in [4.69, 9.17) is 0 Å². The minimum Gasteiger partial charge on any atom is -0.338 e. The first-order valence-corrected chi connectivity index (χ1v) is 9.63. The second kappa shape index (κ2) is 8.64. The molecule has 0 spiro atoms. The molecule has 29 heavy (non-hydrogen) atoms. The maximum atomic E-state index is 12.7. The molecule has 3 aromatic rings. The van der Waals surface area contributed by atoms with Crippen molar-refractivity contribution in [3.63, 3.8) is 0 Å². The van der Waals surface area contributed by atoms with Crippen molar-refractivity contribution in [1.29, 1.82) is 0 Å². The number of hydrogen-bond donors (Lipinski definition) is 1. The summed E-state index contributed by atoms with van der Waals surface area (Å²) in [5.41, 5.74) is 1.78. The number of anilines is 2. The van der Waals surface area contributed by atoms with Crippen LogP contribution in [0.15, 0.2) is 55.3 Å². The van der Waals surface area contributed by atoms with Gasteiger partial charge >= 0.3 is 0 Å². The number of hydrogen-bond acceptors (Lipinski definition) is 6. The van der Waals surface area contributed by atoms with Gasteiger partial charge in [-0.1, -0.05) is 6.07 Å². The molecule has 1 N–H and O–H groups in total. The minimum absolute atomic E-state index is 0.00155. The van der Waals surface area contributed by atoms with Gasteiger partial charge in [-0.25, -0.2) is 9.97 Å². The van der Waals surface area contributed by atoms with Gasteiger partial charge in [0.2, 0.25) is 5.91 Å². The van der Waals surface area contributed by atoms with Gasteiger partial charge < -0.3 is 10.2 Å². The molecule has 1 aliphatic rings. The third kappa shape index (κ3) is 4.66. The van der Waals surface area contributed by atoms with Crippen LogP contribution in [0.4, 0.5) is 11.6 Å². The molecule has 1 fully saturated rings. The Morgan fingerprint density at radius 2 is 2.10 bits per heavy atom. The molecule has 1 aliphatic heterocycles. The van der Waals surface area contributed by atoms with Crippen LogP contribution < -0.4 is 5.32 Å². The molecule has 0 saturated carbocycles. The number of aryl methyl sites for hydroxylation is 1. The van der Waals surface area contributed by atoms with E-state index in [-0.39, 0.29) is 11.8 Å². The van der Waals surface area contributed by atoms with E-state index in [1.165, 1.54) is 0 Å². The van der Waals surface area contributed by atoms with E-state index in [2.05, 4.69) is 25.4 Å². The number of pyridine rings is 1. The fourth-order valence-corrected chi connectivity index (χ4v) is 3.50. The second-order valence-electron chi connectivity index (χ2n) is 7.03. The van der Waals surface area contributed by atoms with Gasteiger partial charge in [0, 0.05) is 62.5 Å². The highest BCUT2D eigenvalue weighted by atomic mass is 16.2. The Labute approximate surface area is 169 Å². The van der Waals surface area contributed by atoms with E-state index in [0.717, 1.165) is 36.5 Å². The third-order valence-corrected chi connectivity index (χ3v) is 4.90. The lowest BCUT2D eigenvalue weighted by atomic mass is 9.94. The minimum atomic E-state index is 0.00155. The first-order chi connectivity index (χ1) is 14.2. The van der Waals surface area contributed by atoms with E-state index in [1.54, 1.807) is 41.6 Å². The first-order valence-electron chi connectivity index (χ1n) is 9.63. The van der Waals surface area contributed by atoms with Crippen LogP contribution in [0.1, 0.15) is 30.0 Å². The normalized spacial score (nSPS) is 16.9. The van der Waals surface area contributed by atoms with Crippen molar-refractivity contribution in [2.24, 2.45) is 7.05 Å². The van der Waals surface area contributed by atoms with E-state index in [1.807, 2.05) is 36.3 Å². The van der Waals surface area contributed by atoms with Crippen LogP contribution in [0.25, 0.3) is 6.08 Å². The van der Waals surface area contributed by atoms with Crippen LogP contribution in [0, 0.1) is 0 Å². The number of likely N-dealkylation sites (tertiary alicyclic amines) is 1. The molecular weight excluding hydrogens is 366 g/mol. The quantitative estimate of drug-likeness (QED) is 0.675. The largest absolute Gasteiger partial charge is 0.338 e. The Hall–Kier alpha value is -3.55. The maximum Gasteiger partial charge on any atom is 0.246 e. The number of amides is 1. The second-order valence-corrected chi connectivity index (χ2v) is 7.03. The van der Waals surface area contributed by atoms with Crippen molar-refractivity contribution in [3.8, 4) is 0 Å². The summed E-state index contributed by atoms with van der Waals surface area (Å²) in [6.45, 7) is 1.36. The fraction of sp³-hybridized carbons (Fsp3) is 0.286. The van der Waals surface area contributed by atoms with Crippen LogP contribution in [0.5, 0.6) is 0 Å². The van der Waals surface area contributed by atoms with E-state index < -0.39 is 0 Å². The molecular formula is C21H23N7O. The zero-order valence-electron chi connectivity index (χ0n) is 16.3. The molecule has 0 aromatic carbocycles. The summed E-state index contributed by atoms with van der Waals surface area (Å²) in [6, 6.07) is 5.67. The Morgan fingerprint density at radius 1 is 1.21 bits per heavy atom. The van der Waals surface area contributed by atoms with Gasteiger partial charge in [0.05, 0.1) is 11.9 Å². The molecule has 8 heteroatoms. The van der Waals surface area contributed by atoms with Gasteiger partial charge in [0.15, 0.2) is 5.82 Å². The first kappa shape index (κ1) is 18.8. The standard InChI is InChI=1S/C21H23N7O/c1-27-14-16(13-25-27)7-8-19(29)28-12-4-5-17(15-28)20-21(24-11-10-23-20)26-18-6-2-3-9-22-18/h2-3,6-11,13-14,17H,4-5,12,15H2,1H3,(H,22,24,26)/b8-7+. The summed E-state index contributed by atoms with van der Waals surface area (Å²) >= 11 is 0. The summed E-state index contributed by atoms with van der Waals surface area (Å²) in [7, 11) is 1.85. The highest BCUT2D eigenvalue weighted by molar-refractivity contribution is 5.91. The monoisotopic (exact) mass is 389 g/mol. The van der Waals surface area contributed by atoms with Crippen molar-refractivity contribution < 1.29 is 4.79 Å². The van der Waals surface area contributed by atoms with Crippen molar-refractivity contribution in [2.45, 2.75) is 18.8 Å². The van der Waals surface area contributed by atoms with E-state index >= 15 is 0 Å². The zero-order chi connectivity index (χ0) is 20.1. The topological polar surface area (TPSA) is 88.8 Å². The lowest BCUT2D eigenvalue weighted by Gasteiger charge is -2.32. The summed E-state index contributed by atoms with van der Waals surface area (Å²) in [5.74, 6) is 1.54. The number of piperidine rings is 1. The molecule has 1 atom stereocenters. The average Bonchev–Trinajstić information content (AvgIpc) is 3.18. The Balaban J connectivity index is 1.47. The molecule has 1 amide bonds. The fourth-order valence-electron chi connectivity index (χ4n) is 3.50. The molecule has 1 unspecified atom stereocenters. The predicted octanol–water partition coefficient (Wildman–Crippen LogP) is 2.77. The number of carbonyl (C=O) groups excluding carboxylic acids is 1. The van der Waals surface area contributed by atoms with Crippen LogP contribution >= 0.6 is 0 Å². The number of carbonyl (C=O) groups is 1. The average molecular weight is 389 g/mol. The van der Waals surface area contributed by atoms with Gasteiger partial charge in [0.1, 0.15) is 5.82 Å². The predicted molar refractivity (Wildman–Crippen MR) is 110 cm³/mol. The molecule has 1 saturated heterocycles. The van der Waals surface area contributed by atoms with Crippen LogP contribution in [0.3, 0.4) is 0 Å². The van der Waals surface area contributed by atoms with Gasteiger partial charge in [0.25, 0.3) is 0 Å². The van der Waals surface area contributed by atoms with Gasteiger partial charge in [-0.05, 0) is 31.1 Å². The number of rotatable bonds is 5. The van der Waals surface area contributed by atoms with Crippen molar-refractivity contribution in [2.75, 3.05) is 18.4 Å². The summed E-state index contributed by atoms with van der Waals surface area (Å²) < 4.78 is 1.71. The van der Waals surface area contributed by atoms with Crippen LogP contribution in [-0.2, 0) is 11.8 Å². The Bertz CT molecular complexity index is 999. The summed E-state index contributed by atoms with van der Waals surface area (Å²) in [6.07, 6.45) is 14.0. The van der Waals surface area contributed by atoms with Gasteiger partial charge in [-0.2, -0.15) is 5.10 Å². The number of nitrogens with zero attached hydrogens (tertiary/aromatic N) is 6. The lowest BCUT2D eigenvalue weighted by Crippen LogP contribution is -2.38. The molecule has 4 rings (SSSR count). The zero-order valence-corrected chi connectivity index (χ0v) is 16.3. The molecule has 3 aromatic heterocycles. The Kier molecular flexibility index (Phi) is 5.60. The maximum absolute atomic E-state index is 12.7. The van der Waals surface area contributed by atoms with Crippen molar-refractivity contribution in [3.05, 3.63) is 66.5 Å². The number of nitrogens with one attached hydrogen (secondary N) is 1. The van der Waals surface area contributed by atoms with E-state index in [0.29, 0.717) is 12.4 Å². The third-order valence-electron chi connectivity index (χ3n) is 4.90. The molecule has 4 heterocycles. The molecule has 0 bridgehead atoms. The Morgan fingerprint density at radius 3 is 2.90 bits per heavy atom. The smallest absolute Gasteiger partial charge is 0.246 e. The lowest BCUT2D eigenvalue weighted by molar-refractivity contribution is -0.127. The van der Waals surface area contributed by atoms with E-state index in [9.17, 15) is 4.79 Å². The highest BCUT2D eigenvalue weighted by Crippen LogP contribution is 2.30.